The van der Waals surface area contributed by atoms with Crippen LogP contribution in [0.25, 0.3) is 0 Å². The van der Waals surface area contributed by atoms with Crippen molar-refractivity contribution in [1.82, 2.24) is 25.3 Å². The van der Waals surface area contributed by atoms with Crippen molar-refractivity contribution in [2.75, 3.05) is 0 Å². The summed E-state index contributed by atoms with van der Waals surface area (Å²) in [5.74, 6) is -1.28. The van der Waals surface area contributed by atoms with E-state index in [2.05, 4.69) is 20.6 Å². The molecule has 0 aliphatic heterocycles. The number of carbonyl (C=O) groups excluding carboxylic acids is 1. The van der Waals surface area contributed by atoms with Gasteiger partial charge < -0.3 is 16.2 Å². The van der Waals surface area contributed by atoms with Crippen molar-refractivity contribution in [1.29, 1.82) is 0 Å². The molecule has 0 radical (unpaired) electrons. The quantitative estimate of drug-likeness (QED) is 0.655. The van der Waals surface area contributed by atoms with E-state index in [0.29, 0.717) is 16.4 Å². The van der Waals surface area contributed by atoms with E-state index in [9.17, 15) is 9.59 Å². The highest BCUT2D eigenvalue weighted by Gasteiger charge is 2.14. The molecule has 0 fully saturated rings. The van der Waals surface area contributed by atoms with Gasteiger partial charge in [-0.15, -0.1) is 16.4 Å². The number of aryl methyl sites for hydroxylation is 1. The van der Waals surface area contributed by atoms with E-state index in [0.717, 1.165) is 11.3 Å². The van der Waals surface area contributed by atoms with Crippen molar-refractivity contribution in [2.24, 2.45) is 5.73 Å². The molecule has 10 heteroatoms. The molecular formula is C11H14N6O3S. The van der Waals surface area contributed by atoms with Crippen LogP contribution >= 0.6 is 11.3 Å². The second-order valence-corrected chi connectivity index (χ2v) is 5.30. The smallest absolute Gasteiger partial charge is 0.347 e. The van der Waals surface area contributed by atoms with Gasteiger partial charge in [-0.2, -0.15) is 0 Å². The van der Waals surface area contributed by atoms with Crippen molar-refractivity contribution in [3.8, 4) is 0 Å². The van der Waals surface area contributed by atoms with E-state index in [1.165, 1.54) is 4.68 Å². The number of rotatable bonds is 6. The Morgan fingerprint density at radius 2 is 2.29 bits per heavy atom. The molecule has 2 aromatic rings. The van der Waals surface area contributed by atoms with E-state index < -0.39 is 5.97 Å². The van der Waals surface area contributed by atoms with Crippen molar-refractivity contribution >= 4 is 23.2 Å². The number of carbonyl (C=O) groups is 2. The Morgan fingerprint density at radius 1 is 1.52 bits per heavy atom. The van der Waals surface area contributed by atoms with Crippen LogP contribution in [0.2, 0.25) is 0 Å². The van der Waals surface area contributed by atoms with Gasteiger partial charge in [-0.3, -0.25) is 4.79 Å². The van der Waals surface area contributed by atoms with Gasteiger partial charge in [0.15, 0.2) is 0 Å². The molecule has 0 atom stereocenters. The maximum Gasteiger partial charge on any atom is 0.347 e. The van der Waals surface area contributed by atoms with Gasteiger partial charge in [0.2, 0.25) is 5.91 Å². The van der Waals surface area contributed by atoms with Crippen molar-refractivity contribution in [3.63, 3.8) is 0 Å². The van der Waals surface area contributed by atoms with Gasteiger partial charge in [-0.05, 0) is 6.92 Å². The number of aromatic carboxylic acids is 1. The van der Waals surface area contributed by atoms with Crippen molar-refractivity contribution < 1.29 is 14.7 Å². The monoisotopic (exact) mass is 310 g/mol. The summed E-state index contributed by atoms with van der Waals surface area (Å²) in [7, 11) is 0. The average molecular weight is 310 g/mol. The molecule has 9 nitrogen and oxygen atoms in total. The minimum atomic E-state index is -1.01. The highest BCUT2D eigenvalue weighted by atomic mass is 32.1. The SMILES string of the molecule is Cc1nc(CNC(=O)Cn2cc(CN)nn2)sc1C(=O)O. The third-order valence-corrected chi connectivity index (χ3v) is 3.72. The molecule has 4 N–H and O–H groups in total. The number of amides is 1. The predicted molar refractivity (Wildman–Crippen MR) is 73.6 cm³/mol. The third-order valence-electron chi connectivity index (χ3n) is 2.57. The maximum atomic E-state index is 11.7. The first kappa shape index (κ1) is 15.1. The number of nitrogens with one attached hydrogen (secondary N) is 1. The molecule has 0 saturated heterocycles. The summed E-state index contributed by atoms with van der Waals surface area (Å²) in [4.78, 5) is 26.9. The number of nitrogens with two attached hydrogens (primary N) is 1. The minimum absolute atomic E-state index is 0.0170. The zero-order valence-corrected chi connectivity index (χ0v) is 12.1. The first-order valence-electron chi connectivity index (χ1n) is 6.05. The highest BCUT2D eigenvalue weighted by molar-refractivity contribution is 7.13. The van der Waals surface area contributed by atoms with Crippen LogP contribution in [-0.2, 0) is 24.4 Å². The normalized spacial score (nSPS) is 10.6. The number of thiazole rings is 1. The van der Waals surface area contributed by atoms with E-state index in [-0.39, 0.29) is 30.4 Å². The largest absolute Gasteiger partial charge is 0.477 e. The minimum Gasteiger partial charge on any atom is -0.477 e. The van der Waals surface area contributed by atoms with Gasteiger partial charge in [0.05, 0.1) is 24.1 Å². The summed E-state index contributed by atoms with van der Waals surface area (Å²) in [6.07, 6.45) is 1.59. The molecule has 0 spiro atoms. The zero-order chi connectivity index (χ0) is 15.4. The number of carboxylic acids is 1. The summed E-state index contributed by atoms with van der Waals surface area (Å²) in [6, 6.07) is 0. The second kappa shape index (κ2) is 6.41. The Balaban J connectivity index is 1.89. The molecule has 21 heavy (non-hydrogen) atoms. The van der Waals surface area contributed by atoms with Crippen LogP contribution in [0.4, 0.5) is 0 Å². The number of nitrogens with zero attached hydrogens (tertiary/aromatic N) is 4. The Bertz CT molecular complexity index is 665. The number of aromatic nitrogens is 4. The van der Waals surface area contributed by atoms with Gasteiger partial charge >= 0.3 is 5.97 Å². The number of hydrogen-bond donors (Lipinski definition) is 3. The van der Waals surface area contributed by atoms with Crippen molar-refractivity contribution in [3.05, 3.63) is 27.5 Å². The molecule has 0 bridgehead atoms. The molecule has 2 aromatic heterocycles. The molecule has 0 unspecified atom stereocenters. The summed E-state index contributed by atoms with van der Waals surface area (Å²) < 4.78 is 1.38. The fourth-order valence-corrected chi connectivity index (χ4v) is 2.46. The molecule has 112 valence electrons. The first-order valence-corrected chi connectivity index (χ1v) is 6.86. The first-order chi connectivity index (χ1) is 9.99. The van der Waals surface area contributed by atoms with Gasteiger partial charge in [0, 0.05) is 6.54 Å². The summed E-state index contributed by atoms with van der Waals surface area (Å²) in [5.41, 5.74) is 6.44. The molecule has 0 saturated carbocycles. The van der Waals surface area contributed by atoms with Gasteiger partial charge in [0.1, 0.15) is 16.4 Å². The lowest BCUT2D eigenvalue weighted by Gasteiger charge is -2.02. The van der Waals surface area contributed by atoms with E-state index >= 15 is 0 Å². The number of hydrogen-bond acceptors (Lipinski definition) is 7. The molecule has 2 heterocycles. The summed E-state index contributed by atoms with van der Waals surface area (Å²) in [6.45, 7) is 2.08. The molecule has 1 amide bonds. The lowest BCUT2D eigenvalue weighted by Crippen LogP contribution is -2.27. The lowest BCUT2D eigenvalue weighted by atomic mass is 10.4. The van der Waals surface area contributed by atoms with Crippen LogP contribution in [0.3, 0.4) is 0 Å². The van der Waals surface area contributed by atoms with Crippen LogP contribution in [0.5, 0.6) is 0 Å². The maximum absolute atomic E-state index is 11.7. The summed E-state index contributed by atoms with van der Waals surface area (Å²) in [5, 5.41) is 19.7. The molecular weight excluding hydrogens is 296 g/mol. The van der Waals surface area contributed by atoms with Crippen LogP contribution < -0.4 is 11.1 Å². The van der Waals surface area contributed by atoms with E-state index in [4.69, 9.17) is 10.8 Å². The second-order valence-electron chi connectivity index (χ2n) is 4.22. The molecule has 2 rings (SSSR count). The molecule has 0 aliphatic rings. The predicted octanol–water partition coefficient (Wildman–Crippen LogP) is -0.484. The fraction of sp³-hybridized carbons (Fsp3) is 0.364. The standard InChI is InChI=1S/C11H14N6O3S/c1-6-10(11(19)20)21-9(14-6)3-13-8(18)5-17-4-7(2-12)15-16-17/h4H,2-3,5,12H2,1H3,(H,13,18)(H,19,20). The Hall–Kier alpha value is -2.33. The van der Waals surface area contributed by atoms with Crippen LogP contribution in [0, 0.1) is 6.92 Å². The fourth-order valence-electron chi connectivity index (χ4n) is 1.61. The van der Waals surface area contributed by atoms with Crippen molar-refractivity contribution in [2.45, 2.75) is 26.6 Å². The molecule has 0 aromatic carbocycles. The van der Waals surface area contributed by atoms with E-state index in [1.54, 1.807) is 13.1 Å². The molecule has 0 aliphatic carbocycles. The van der Waals surface area contributed by atoms with Crippen LogP contribution in [-0.4, -0.2) is 37.0 Å². The van der Waals surface area contributed by atoms with Crippen LogP contribution in [0.15, 0.2) is 6.20 Å². The Labute approximate surface area is 123 Å². The Morgan fingerprint density at radius 3 is 2.86 bits per heavy atom. The number of carboxylic acid groups (broad SMARTS) is 1. The topological polar surface area (TPSA) is 136 Å². The average Bonchev–Trinajstić information content (AvgIpc) is 3.03. The van der Waals surface area contributed by atoms with Gasteiger partial charge in [-0.1, -0.05) is 5.21 Å². The van der Waals surface area contributed by atoms with Gasteiger partial charge in [-0.25, -0.2) is 14.5 Å². The zero-order valence-electron chi connectivity index (χ0n) is 11.2. The highest BCUT2D eigenvalue weighted by Crippen LogP contribution is 2.17. The van der Waals surface area contributed by atoms with E-state index in [1.807, 2.05) is 0 Å². The summed E-state index contributed by atoms with van der Waals surface area (Å²) >= 11 is 1.05. The lowest BCUT2D eigenvalue weighted by molar-refractivity contribution is -0.122. The van der Waals surface area contributed by atoms with Gasteiger partial charge in [0.25, 0.3) is 0 Å². The van der Waals surface area contributed by atoms with Crippen LogP contribution in [0.1, 0.15) is 26.1 Å². The Kier molecular flexibility index (Phi) is 4.60. The third kappa shape index (κ3) is 3.83.